The Morgan fingerprint density at radius 1 is 1.09 bits per heavy atom. The monoisotopic (exact) mass is 499 g/mol. The lowest BCUT2D eigenvalue weighted by molar-refractivity contribution is -0.127. The van der Waals surface area contributed by atoms with Crippen molar-refractivity contribution >= 4 is 52.3 Å². The third kappa shape index (κ3) is 8.51. The molecule has 0 saturated heterocycles. The summed E-state index contributed by atoms with van der Waals surface area (Å²) >= 11 is 16.9. The van der Waals surface area contributed by atoms with Crippen LogP contribution in [0.5, 0.6) is 11.5 Å². The van der Waals surface area contributed by atoms with Gasteiger partial charge in [-0.1, -0.05) is 29.3 Å². The molecular weight excluding hydrogens is 477 g/mol. The first-order chi connectivity index (χ1) is 15.3. The van der Waals surface area contributed by atoms with Crippen LogP contribution in [-0.4, -0.2) is 42.9 Å². The quantitative estimate of drug-likeness (QED) is 0.276. The maximum Gasteiger partial charge on any atom is 0.279 e. The van der Waals surface area contributed by atoms with Gasteiger partial charge in [-0.05, 0) is 62.5 Å². The molecular formula is C21H23Cl2N3O5S. The molecule has 172 valence electrons. The van der Waals surface area contributed by atoms with Crippen molar-refractivity contribution in [2.75, 3.05) is 19.8 Å². The molecule has 0 spiro atoms. The van der Waals surface area contributed by atoms with E-state index < -0.39 is 17.9 Å². The van der Waals surface area contributed by atoms with Crippen molar-refractivity contribution in [2.24, 2.45) is 0 Å². The summed E-state index contributed by atoms with van der Waals surface area (Å²) < 4.78 is 16.2. The molecule has 1 atom stereocenters. The van der Waals surface area contributed by atoms with Gasteiger partial charge in [0.25, 0.3) is 11.8 Å². The molecule has 2 aromatic carbocycles. The van der Waals surface area contributed by atoms with E-state index in [9.17, 15) is 9.59 Å². The van der Waals surface area contributed by atoms with E-state index in [2.05, 4.69) is 16.2 Å². The summed E-state index contributed by atoms with van der Waals surface area (Å²) in [5.74, 6) is -0.170. The van der Waals surface area contributed by atoms with Gasteiger partial charge < -0.3 is 14.2 Å². The largest absolute Gasteiger partial charge is 0.491 e. The number of halogens is 2. The predicted molar refractivity (Wildman–Crippen MR) is 126 cm³/mol. The van der Waals surface area contributed by atoms with Crippen LogP contribution < -0.4 is 25.6 Å². The van der Waals surface area contributed by atoms with E-state index in [0.717, 1.165) is 0 Å². The average molecular weight is 500 g/mol. The minimum Gasteiger partial charge on any atom is -0.491 e. The first-order valence-corrected chi connectivity index (χ1v) is 10.8. The molecule has 0 saturated carbocycles. The summed E-state index contributed by atoms with van der Waals surface area (Å²) in [5.41, 5.74) is 5.15. The molecule has 0 aliphatic carbocycles. The molecule has 11 heteroatoms. The summed E-state index contributed by atoms with van der Waals surface area (Å²) in [6.45, 7) is 4.85. The van der Waals surface area contributed by atoms with Gasteiger partial charge in [0.1, 0.15) is 18.1 Å². The number of benzene rings is 2. The molecule has 8 nitrogen and oxygen atoms in total. The van der Waals surface area contributed by atoms with Gasteiger partial charge in [0.05, 0.1) is 11.6 Å². The summed E-state index contributed by atoms with van der Waals surface area (Å²) in [7, 11) is 0. The highest BCUT2D eigenvalue weighted by atomic mass is 35.5. The van der Waals surface area contributed by atoms with E-state index in [-0.39, 0.29) is 10.1 Å². The second-order valence-corrected chi connectivity index (χ2v) is 7.56. The lowest BCUT2D eigenvalue weighted by Gasteiger charge is -2.17. The van der Waals surface area contributed by atoms with E-state index in [1.54, 1.807) is 36.4 Å². The SMILES string of the molecule is CCOCCOc1cccc(C(=O)NC(=S)NNC(=O)C(C)Oc2ccc(Cl)cc2Cl)c1. The van der Waals surface area contributed by atoms with Crippen molar-refractivity contribution in [3.63, 3.8) is 0 Å². The van der Waals surface area contributed by atoms with Crippen LogP contribution in [0.15, 0.2) is 42.5 Å². The molecule has 2 aromatic rings. The zero-order chi connectivity index (χ0) is 23.5. The fourth-order valence-electron chi connectivity index (χ4n) is 2.33. The minimum absolute atomic E-state index is 0.0947. The van der Waals surface area contributed by atoms with Crippen molar-refractivity contribution in [3.05, 3.63) is 58.1 Å². The normalized spacial score (nSPS) is 11.2. The first kappa shape index (κ1) is 25.7. The fourth-order valence-corrected chi connectivity index (χ4v) is 2.93. The zero-order valence-electron chi connectivity index (χ0n) is 17.4. The minimum atomic E-state index is -0.898. The van der Waals surface area contributed by atoms with E-state index in [1.165, 1.54) is 13.0 Å². The van der Waals surface area contributed by atoms with Crippen molar-refractivity contribution in [2.45, 2.75) is 20.0 Å². The number of carbonyl (C=O) groups excluding carboxylic acids is 2. The van der Waals surface area contributed by atoms with Crippen LogP contribution in [-0.2, 0) is 9.53 Å². The molecule has 1 unspecified atom stereocenters. The van der Waals surface area contributed by atoms with Gasteiger partial charge in [-0.3, -0.25) is 25.8 Å². The Morgan fingerprint density at radius 3 is 2.59 bits per heavy atom. The number of hydrazine groups is 1. The number of amides is 2. The smallest absolute Gasteiger partial charge is 0.279 e. The van der Waals surface area contributed by atoms with Gasteiger partial charge >= 0.3 is 0 Å². The van der Waals surface area contributed by atoms with Crippen LogP contribution in [0.25, 0.3) is 0 Å². The molecule has 0 aliphatic rings. The van der Waals surface area contributed by atoms with E-state index in [4.69, 9.17) is 49.6 Å². The molecule has 32 heavy (non-hydrogen) atoms. The molecule has 0 bridgehead atoms. The van der Waals surface area contributed by atoms with Gasteiger partial charge in [-0.15, -0.1) is 0 Å². The third-order valence-electron chi connectivity index (χ3n) is 3.89. The predicted octanol–water partition coefficient (Wildman–Crippen LogP) is 3.51. The maximum atomic E-state index is 12.4. The number of carbonyl (C=O) groups is 2. The fraction of sp³-hybridized carbons (Fsp3) is 0.286. The summed E-state index contributed by atoms with van der Waals surface area (Å²) in [5, 5.41) is 3.10. The number of hydrogen-bond acceptors (Lipinski definition) is 6. The number of thiocarbonyl (C=S) groups is 1. The number of rotatable bonds is 9. The van der Waals surface area contributed by atoms with Crippen molar-refractivity contribution in [1.82, 2.24) is 16.2 Å². The molecule has 0 aliphatic heterocycles. The van der Waals surface area contributed by atoms with E-state index in [1.807, 2.05) is 6.92 Å². The Bertz CT molecular complexity index is 961. The molecule has 0 fully saturated rings. The first-order valence-electron chi connectivity index (χ1n) is 9.63. The summed E-state index contributed by atoms with van der Waals surface area (Å²) in [4.78, 5) is 24.6. The topological polar surface area (TPSA) is 97.9 Å². The molecule has 2 amide bonds. The number of nitrogens with one attached hydrogen (secondary N) is 3. The molecule has 2 rings (SSSR count). The van der Waals surface area contributed by atoms with Crippen LogP contribution in [0.2, 0.25) is 10.0 Å². The highest BCUT2D eigenvalue weighted by molar-refractivity contribution is 7.80. The van der Waals surface area contributed by atoms with Gasteiger partial charge in [-0.2, -0.15) is 0 Å². The number of ether oxygens (including phenoxy) is 3. The van der Waals surface area contributed by atoms with Crippen LogP contribution in [0.1, 0.15) is 24.2 Å². The Morgan fingerprint density at radius 2 is 1.88 bits per heavy atom. The van der Waals surface area contributed by atoms with Crippen LogP contribution >= 0.6 is 35.4 Å². The maximum absolute atomic E-state index is 12.4. The highest BCUT2D eigenvalue weighted by Crippen LogP contribution is 2.28. The molecule has 3 N–H and O–H groups in total. The summed E-state index contributed by atoms with van der Waals surface area (Å²) in [6.07, 6.45) is -0.898. The second-order valence-electron chi connectivity index (χ2n) is 6.31. The lowest BCUT2D eigenvalue weighted by Crippen LogP contribution is -2.51. The van der Waals surface area contributed by atoms with Gasteiger partial charge in [0.15, 0.2) is 11.2 Å². The van der Waals surface area contributed by atoms with Crippen molar-refractivity contribution < 1.29 is 23.8 Å². The number of hydrogen-bond donors (Lipinski definition) is 3. The lowest BCUT2D eigenvalue weighted by atomic mass is 10.2. The Balaban J connectivity index is 1.80. The van der Waals surface area contributed by atoms with Gasteiger partial charge in [-0.25, -0.2) is 0 Å². The zero-order valence-corrected chi connectivity index (χ0v) is 19.8. The van der Waals surface area contributed by atoms with Crippen LogP contribution in [0.4, 0.5) is 0 Å². The third-order valence-corrected chi connectivity index (χ3v) is 4.62. The Labute approximate surface area is 201 Å². The van der Waals surface area contributed by atoms with Gasteiger partial charge in [0.2, 0.25) is 0 Å². The standard InChI is InChI=1S/C21H23Cl2N3O5S/c1-3-29-9-10-30-16-6-4-5-14(11-16)20(28)24-21(32)26-25-19(27)13(2)31-18-8-7-15(22)12-17(18)23/h4-8,11-13H,3,9-10H2,1-2H3,(H,25,27)(H2,24,26,28,32). The van der Waals surface area contributed by atoms with Crippen molar-refractivity contribution in [3.8, 4) is 11.5 Å². The second kappa shape index (κ2) is 13.1. The van der Waals surface area contributed by atoms with E-state index >= 15 is 0 Å². The summed E-state index contributed by atoms with van der Waals surface area (Å²) in [6, 6.07) is 11.3. The van der Waals surface area contributed by atoms with E-state index in [0.29, 0.717) is 41.9 Å². The molecule has 0 heterocycles. The Hall–Kier alpha value is -2.59. The average Bonchev–Trinajstić information content (AvgIpc) is 2.77. The van der Waals surface area contributed by atoms with Crippen LogP contribution in [0.3, 0.4) is 0 Å². The van der Waals surface area contributed by atoms with Crippen molar-refractivity contribution in [1.29, 1.82) is 0 Å². The molecule has 0 aromatic heterocycles. The highest BCUT2D eigenvalue weighted by Gasteiger charge is 2.17. The molecule has 0 radical (unpaired) electrons. The van der Waals surface area contributed by atoms with Gasteiger partial charge in [0, 0.05) is 17.2 Å². The van der Waals surface area contributed by atoms with Crippen LogP contribution in [0, 0.1) is 0 Å². The Kier molecular flexibility index (Phi) is 10.5.